The number of aromatic nitrogens is 1. The van der Waals surface area contributed by atoms with E-state index in [0.29, 0.717) is 5.56 Å². The Balaban J connectivity index is 2.39. The van der Waals surface area contributed by atoms with E-state index in [0.717, 1.165) is 4.57 Å². The molecule has 2 amide bonds. The minimum absolute atomic E-state index is 0.00145. The molecule has 0 saturated heterocycles. The van der Waals surface area contributed by atoms with E-state index in [1.807, 2.05) is 0 Å². The van der Waals surface area contributed by atoms with Gasteiger partial charge in [0.2, 0.25) is 11.8 Å². The van der Waals surface area contributed by atoms with E-state index in [1.54, 1.807) is 6.92 Å². The second-order valence-electron chi connectivity index (χ2n) is 6.20. The van der Waals surface area contributed by atoms with Gasteiger partial charge < -0.3 is 15.4 Å². The van der Waals surface area contributed by atoms with Crippen molar-refractivity contribution in [1.82, 2.24) is 9.88 Å². The van der Waals surface area contributed by atoms with Gasteiger partial charge in [-0.05, 0) is 18.6 Å². The lowest BCUT2D eigenvalue weighted by Gasteiger charge is -2.14. The number of benzene rings is 1. The maximum Gasteiger partial charge on any atom is 0.319 e. The summed E-state index contributed by atoms with van der Waals surface area (Å²) in [5.74, 6) is -1.48. The topological polar surface area (TPSA) is 72.4 Å². The predicted octanol–water partition coefficient (Wildman–Crippen LogP) is 3.70. The Labute approximate surface area is 163 Å². The Kier molecular flexibility index (Phi) is 5.60. The van der Waals surface area contributed by atoms with Crippen LogP contribution >= 0.6 is 23.2 Å². The summed E-state index contributed by atoms with van der Waals surface area (Å²) in [5.41, 5.74) is 0.904. The highest BCUT2D eigenvalue weighted by atomic mass is 35.5. The van der Waals surface area contributed by atoms with Crippen molar-refractivity contribution in [1.29, 1.82) is 0 Å². The van der Waals surface area contributed by atoms with E-state index < -0.39 is 18.4 Å². The SMILES string of the molecule is COCC(=O)Nc1cc(Cl)c(Cl)c2c1c1c(n2C(F)F)CCNC(=O)[C@H]1C. The molecule has 0 saturated carbocycles. The Bertz CT molecular complexity index is 930. The van der Waals surface area contributed by atoms with E-state index in [9.17, 15) is 18.4 Å². The Hall–Kier alpha value is -1.90. The molecule has 1 aliphatic heterocycles. The van der Waals surface area contributed by atoms with Gasteiger partial charge in [-0.1, -0.05) is 23.2 Å². The molecule has 10 heteroatoms. The summed E-state index contributed by atoms with van der Waals surface area (Å²) >= 11 is 12.4. The maximum atomic E-state index is 14.0. The van der Waals surface area contributed by atoms with Gasteiger partial charge in [-0.15, -0.1) is 0 Å². The number of hydrogen-bond acceptors (Lipinski definition) is 3. The van der Waals surface area contributed by atoms with Gasteiger partial charge in [0.25, 0.3) is 0 Å². The first-order valence-corrected chi connectivity index (χ1v) is 8.92. The van der Waals surface area contributed by atoms with Crippen LogP contribution in [0.1, 0.15) is 30.6 Å². The second-order valence-corrected chi connectivity index (χ2v) is 6.98. The number of nitrogens with one attached hydrogen (secondary N) is 2. The van der Waals surface area contributed by atoms with Crippen molar-refractivity contribution >= 4 is 51.6 Å². The summed E-state index contributed by atoms with van der Waals surface area (Å²) in [4.78, 5) is 24.3. The number of hydrogen-bond donors (Lipinski definition) is 2. The molecule has 0 bridgehead atoms. The fraction of sp³-hybridized carbons (Fsp3) is 0.412. The molecule has 0 unspecified atom stereocenters. The molecule has 2 N–H and O–H groups in total. The van der Waals surface area contributed by atoms with Gasteiger partial charge in [-0.3, -0.25) is 14.2 Å². The lowest BCUT2D eigenvalue weighted by atomic mass is 9.96. The summed E-state index contributed by atoms with van der Waals surface area (Å²) in [7, 11) is 1.36. The van der Waals surface area contributed by atoms with Crippen molar-refractivity contribution in [2.75, 3.05) is 25.6 Å². The van der Waals surface area contributed by atoms with Crippen molar-refractivity contribution in [3.05, 3.63) is 27.4 Å². The van der Waals surface area contributed by atoms with Crippen LogP contribution in [0.5, 0.6) is 0 Å². The van der Waals surface area contributed by atoms with Gasteiger partial charge in [0.15, 0.2) is 0 Å². The molecule has 3 rings (SSSR count). The molecule has 0 fully saturated rings. The number of anilines is 1. The molecule has 6 nitrogen and oxygen atoms in total. The molecule has 1 aromatic heterocycles. The van der Waals surface area contributed by atoms with Crippen molar-refractivity contribution in [3.8, 4) is 0 Å². The number of amides is 2. The molecule has 0 aliphatic carbocycles. The molecule has 27 heavy (non-hydrogen) atoms. The summed E-state index contributed by atoms with van der Waals surface area (Å²) in [6.07, 6.45) is 0.198. The number of ether oxygens (including phenoxy) is 1. The van der Waals surface area contributed by atoms with Crippen LogP contribution in [0, 0.1) is 0 Å². The van der Waals surface area contributed by atoms with Crippen LogP contribution in [0.25, 0.3) is 10.9 Å². The smallest absolute Gasteiger partial charge is 0.319 e. The number of carbonyl (C=O) groups is 2. The van der Waals surface area contributed by atoms with Crippen LogP contribution in [-0.4, -0.2) is 36.6 Å². The minimum atomic E-state index is -2.89. The van der Waals surface area contributed by atoms with E-state index in [-0.39, 0.29) is 57.8 Å². The molecule has 1 aliphatic rings. The predicted molar refractivity (Wildman–Crippen MR) is 98.8 cm³/mol. The largest absolute Gasteiger partial charge is 0.375 e. The molecule has 2 heterocycles. The van der Waals surface area contributed by atoms with Crippen molar-refractivity contribution in [3.63, 3.8) is 0 Å². The fourth-order valence-corrected chi connectivity index (χ4v) is 3.90. The van der Waals surface area contributed by atoms with Gasteiger partial charge >= 0.3 is 6.55 Å². The molecule has 1 aromatic carbocycles. The average molecular weight is 420 g/mol. The Morgan fingerprint density at radius 3 is 2.81 bits per heavy atom. The van der Waals surface area contributed by atoms with Crippen molar-refractivity contribution in [2.24, 2.45) is 0 Å². The fourth-order valence-electron chi connectivity index (χ4n) is 3.46. The maximum absolute atomic E-state index is 14.0. The van der Waals surface area contributed by atoms with Gasteiger partial charge in [-0.2, -0.15) is 8.78 Å². The molecular formula is C17H17Cl2F2N3O3. The number of fused-ring (bicyclic) bond motifs is 3. The minimum Gasteiger partial charge on any atom is -0.375 e. The van der Waals surface area contributed by atoms with Crippen LogP contribution in [-0.2, 0) is 20.7 Å². The Morgan fingerprint density at radius 1 is 1.48 bits per heavy atom. The van der Waals surface area contributed by atoms with Crippen LogP contribution in [0.2, 0.25) is 10.0 Å². The third-order valence-electron chi connectivity index (χ3n) is 4.54. The number of nitrogens with zero attached hydrogens (tertiary/aromatic N) is 1. The highest BCUT2D eigenvalue weighted by molar-refractivity contribution is 6.46. The third-order valence-corrected chi connectivity index (χ3v) is 5.32. The van der Waals surface area contributed by atoms with E-state index in [1.165, 1.54) is 13.2 Å². The standard InChI is InChI=1S/C17H17Cl2F2N3O3/c1-7-12-10(3-4-22-16(7)26)24(17(20)21)15-13(12)9(5-8(18)14(15)19)23-11(25)6-27-2/h5,7,17H,3-4,6H2,1-2H3,(H,22,26)(H,23,25)/t7-/m0/s1. The zero-order valence-electron chi connectivity index (χ0n) is 14.5. The van der Waals surface area contributed by atoms with E-state index >= 15 is 0 Å². The van der Waals surface area contributed by atoms with Gasteiger partial charge in [0.1, 0.15) is 6.61 Å². The number of halogens is 4. The van der Waals surface area contributed by atoms with E-state index in [2.05, 4.69) is 10.6 Å². The van der Waals surface area contributed by atoms with Crippen LogP contribution in [0.3, 0.4) is 0 Å². The highest BCUT2D eigenvalue weighted by Gasteiger charge is 2.33. The third kappa shape index (κ3) is 3.37. The van der Waals surface area contributed by atoms with Crippen molar-refractivity contribution in [2.45, 2.75) is 25.8 Å². The monoisotopic (exact) mass is 419 g/mol. The molecule has 2 aromatic rings. The normalized spacial score (nSPS) is 17.0. The summed E-state index contributed by atoms with van der Waals surface area (Å²) in [5, 5.41) is 5.56. The van der Waals surface area contributed by atoms with E-state index in [4.69, 9.17) is 27.9 Å². The lowest BCUT2D eigenvalue weighted by molar-refractivity contribution is -0.122. The first-order valence-electron chi connectivity index (χ1n) is 8.17. The second kappa shape index (κ2) is 7.61. The zero-order valence-corrected chi connectivity index (χ0v) is 16.0. The first-order chi connectivity index (χ1) is 12.8. The highest BCUT2D eigenvalue weighted by Crippen LogP contribution is 2.45. The molecular weight excluding hydrogens is 403 g/mol. The molecule has 0 radical (unpaired) electrons. The number of alkyl halides is 2. The molecule has 0 spiro atoms. The van der Waals surface area contributed by atoms with Crippen LogP contribution in [0.15, 0.2) is 6.07 Å². The summed E-state index contributed by atoms with van der Waals surface area (Å²) < 4.78 is 33.5. The quantitative estimate of drug-likeness (QED) is 0.793. The van der Waals surface area contributed by atoms with Crippen LogP contribution in [0.4, 0.5) is 14.5 Å². The molecule has 1 atom stereocenters. The number of methoxy groups -OCH3 is 1. The number of carbonyl (C=O) groups excluding carboxylic acids is 2. The number of rotatable bonds is 4. The summed E-state index contributed by atoms with van der Waals surface area (Å²) in [6.45, 7) is -1.28. The van der Waals surface area contributed by atoms with Gasteiger partial charge in [0, 0.05) is 31.2 Å². The molecule has 146 valence electrons. The lowest BCUT2D eigenvalue weighted by Crippen LogP contribution is -2.27. The zero-order chi connectivity index (χ0) is 19.9. The Morgan fingerprint density at radius 2 is 2.19 bits per heavy atom. The van der Waals surface area contributed by atoms with Crippen LogP contribution < -0.4 is 10.6 Å². The first kappa shape index (κ1) is 19.9. The van der Waals surface area contributed by atoms with Crippen molar-refractivity contribution < 1.29 is 23.1 Å². The van der Waals surface area contributed by atoms with Gasteiger partial charge in [0.05, 0.1) is 27.2 Å². The van der Waals surface area contributed by atoms with Gasteiger partial charge in [-0.25, -0.2) is 0 Å². The average Bonchev–Trinajstić information content (AvgIpc) is 2.87. The summed E-state index contributed by atoms with van der Waals surface area (Å²) in [6, 6.07) is 1.39.